The number of carbonyl (C=O) groups excluding carboxylic acids is 1. The predicted octanol–water partition coefficient (Wildman–Crippen LogP) is 9.63. The van der Waals surface area contributed by atoms with E-state index in [0.29, 0.717) is 11.7 Å². The van der Waals surface area contributed by atoms with Gasteiger partial charge < -0.3 is 5.73 Å². The minimum atomic E-state index is -0.270. The Bertz CT molecular complexity index is 582. The summed E-state index contributed by atoms with van der Waals surface area (Å²) in [6, 6.07) is 0. The van der Waals surface area contributed by atoms with Crippen LogP contribution in [-0.4, -0.2) is 11.3 Å². The molecule has 2 atom stereocenters. The Balaban J connectivity index is 1.31. The molecular formula is C33H61NO. The first-order chi connectivity index (χ1) is 16.7. The minimum Gasteiger partial charge on any atom is -0.325 e. The average Bonchev–Trinajstić information content (AvgIpc) is 2.79. The summed E-state index contributed by atoms with van der Waals surface area (Å²) in [5, 5.41) is 0. The van der Waals surface area contributed by atoms with E-state index in [1.807, 2.05) is 0 Å². The van der Waals surface area contributed by atoms with Crippen LogP contribution in [-0.2, 0) is 4.79 Å². The molecule has 0 heterocycles. The lowest BCUT2D eigenvalue weighted by Gasteiger charge is -2.57. The first kappa shape index (κ1) is 29.2. The van der Waals surface area contributed by atoms with E-state index in [1.165, 1.54) is 128 Å². The average molecular weight is 488 g/mol. The number of hydrogen-bond donors (Lipinski definition) is 1. The molecule has 204 valence electrons. The largest absolute Gasteiger partial charge is 0.325 e. The van der Waals surface area contributed by atoms with Gasteiger partial charge in [0.25, 0.3) is 0 Å². The molecule has 2 heteroatoms. The van der Waals surface area contributed by atoms with Crippen LogP contribution in [0.15, 0.2) is 0 Å². The van der Waals surface area contributed by atoms with E-state index in [0.717, 1.165) is 24.2 Å². The van der Waals surface area contributed by atoms with Crippen LogP contribution in [0.2, 0.25) is 0 Å². The molecule has 2 unspecified atom stereocenters. The van der Waals surface area contributed by atoms with Crippen LogP contribution < -0.4 is 5.73 Å². The van der Waals surface area contributed by atoms with Crippen molar-refractivity contribution in [2.75, 3.05) is 0 Å². The van der Waals surface area contributed by atoms with Crippen LogP contribution in [0.1, 0.15) is 163 Å². The number of nitrogens with two attached hydrogens (primary N) is 1. The first-order valence-electron chi connectivity index (χ1n) is 16.1. The second-order valence-electron chi connectivity index (χ2n) is 14.2. The molecule has 0 spiro atoms. The Morgan fingerprint density at radius 1 is 0.743 bits per heavy atom. The Labute approximate surface area is 219 Å². The smallest absolute Gasteiger partial charge is 0.142 e. The van der Waals surface area contributed by atoms with Crippen LogP contribution in [0, 0.1) is 35.0 Å². The highest BCUT2D eigenvalue weighted by molar-refractivity contribution is 5.87. The van der Waals surface area contributed by atoms with Gasteiger partial charge in [-0.05, 0) is 82.5 Å². The number of unbranched alkanes of at least 4 members (excludes halogenated alkanes) is 13. The molecule has 0 aromatic carbocycles. The second-order valence-corrected chi connectivity index (χ2v) is 14.2. The zero-order valence-electron chi connectivity index (χ0n) is 24.2. The van der Waals surface area contributed by atoms with Gasteiger partial charge in [-0.1, -0.05) is 104 Å². The summed E-state index contributed by atoms with van der Waals surface area (Å²) >= 11 is 0. The van der Waals surface area contributed by atoms with Crippen molar-refractivity contribution >= 4 is 5.78 Å². The third-order valence-corrected chi connectivity index (χ3v) is 10.4. The van der Waals surface area contributed by atoms with Crippen molar-refractivity contribution < 1.29 is 4.79 Å². The highest BCUT2D eigenvalue weighted by Crippen LogP contribution is 2.61. The van der Waals surface area contributed by atoms with Crippen LogP contribution in [0.3, 0.4) is 0 Å². The lowest BCUT2D eigenvalue weighted by atomic mass is 9.47. The molecular weight excluding hydrogens is 426 g/mol. The molecule has 0 amide bonds. The van der Waals surface area contributed by atoms with Gasteiger partial charge in [-0.25, -0.2) is 0 Å². The van der Waals surface area contributed by atoms with Gasteiger partial charge in [-0.3, -0.25) is 4.79 Å². The Morgan fingerprint density at radius 3 is 1.49 bits per heavy atom. The third-order valence-electron chi connectivity index (χ3n) is 10.4. The molecule has 2 nitrogen and oxygen atoms in total. The Kier molecular flexibility index (Phi) is 11.6. The summed E-state index contributed by atoms with van der Waals surface area (Å²) in [6.45, 7) is 8.88. The number of hydrogen-bond acceptors (Lipinski definition) is 2. The lowest BCUT2D eigenvalue weighted by Crippen LogP contribution is -2.54. The maximum Gasteiger partial charge on any atom is 0.142 e. The van der Waals surface area contributed by atoms with Crippen molar-refractivity contribution in [2.24, 2.45) is 40.7 Å². The van der Waals surface area contributed by atoms with E-state index in [9.17, 15) is 4.79 Å². The Hall–Kier alpha value is -0.370. The number of Topliss-reactive ketones (excluding diaryl/α,β-unsaturated/α-hetero) is 1. The molecule has 0 radical (unpaired) electrons. The van der Waals surface area contributed by atoms with Crippen molar-refractivity contribution in [1.29, 1.82) is 0 Å². The van der Waals surface area contributed by atoms with Crippen molar-refractivity contribution in [3.63, 3.8) is 0 Å². The van der Waals surface area contributed by atoms with E-state index >= 15 is 0 Å². The molecule has 0 aromatic heterocycles. The first-order valence-corrected chi connectivity index (χ1v) is 16.1. The second kappa shape index (κ2) is 14.0. The van der Waals surface area contributed by atoms with E-state index in [-0.39, 0.29) is 16.9 Å². The van der Waals surface area contributed by atoms with E-state index in [1.54, 1.807) is 0 Å². The van der Waals surface area contributed by atoms with Crippen LogP contribution in [0.5, 0.6) is 0 Å². The summed E-state index contributed by atoms with van der Waals surface area (Å²) in [7, 11) is 0. The van der Waals surface area contributed by atoms with Gasteiger partial charge in [-0.15, -0.1) is 0 Å². The number of ketones is 1. The normalized spacial score (nSPS) is 29.5. The fraction of sp³-hybridized carbons (Fsp3) is 0.970. The minimum absolute atomic E-state index is 0.0210. The zero-order valence-corrected chi connectivity index (χ0v) is 24.2. The standard InChI is InChI=1S/C33H61NO/c1-5-6-7-8-9-10-11-12-13-14-15-16-17-18-19-30(32(3,4)34)26(2)31(35)33-23-27-20-28(24-33)22-29(21-27)25-33/h26-30H,5-25,34H2,1-4H3. The fourth-order valence-corrected chi connectivity index (χ4v) is 8.90. The molecule has 0 aliphatic heterocycles. The Morgan fingerprint density at radius 2 is 1.11 bits per heavy atom. The molecule has 4 aliphatic rings. The van der Waals surface area contributed by atoms with Gasteiger partial charge in [0.15, 0.2) is 0 Å². The van der Waals surface area contributed by atoms with Crippen molar-refractivity contribution in [3.8, 4) is 0 Å². The molecule has 0 saturated heterocycles. The topological polar surface area (TPSA) is 43.1 Å². The van der Waals surface area contributed by atoms with E-state index in [4.69, 9.17) is 5.73 Å². The van der Waals surface area contributed by atoms with Gasteiger partial charge >= 0.3 is 0 Å². The molecule has 4 fully saturated rings. The van der Waals surface area contributed by atoms with Crippen LogP contribution >= 0.6 is 0 Å². The van der Waals surface area contributed by atoms with Gasteiger partial charge in [0.05, 0.1) is 0 Å². The van der Waals surface area contributed by atoms with Gasteiger partial charge in [0.2, 0.25) is 0 Å². The highest BCUT2D eigenvalue weighted by atomic mass is 16.1. The molecule has 0 aromatic rings. The van der Waals surface area contributed by atoms with Crippen molar-refractivity contribution in [1.82, 2.24) is 0 Å². The summed E-state index contributed by atoms with van der Waals surface area (Å²) in [6.07, 6.45) is 28.5. The molecule has 4 saturated carbocycles. The van der Waals surface area contributed by atoms with Crippen LogP contribution in [0.25, 0.3) is 0 Å². The quantitative estimate of drug-likeness (QED) is 0.184. The SMILES string of the molecule is CCCCCCCCCCCCCCCCC(C(C)C(=O)C12CC3CC(CC(C3)C1)C2)C(C)(C)N. The molecule has 35 heavy (non-hydrogen) atoms. The summed E-state index contributed by atoms with van der Waals surface area (Å²) in [5.41, 5.74) is 6.46. The monoisotopic (exact) mass is 487 g/mol. The predicted molar refractivity (Wildman–Crippen MR) is 151 cm³/mol. The number of carbonyl (C=O) groups is 1. The van der Waals surface area contributed by atoms with Crippen molar-refractivity contribution in [2.45, 2.75) is 168 Å². The fourth-order valence-electron chi connectivity index (χ4n) is 8.90. The zero-order chi connectivity index (χ0) is 25.3. The maximum absolute atomic E-state index is 14.0. The summed E-state index contributed by atoms with van der Waals surface area (Å²) in [4.78, 5) is 14.0. The summed E-state index contributed by atoms with van der Waals surface area (Å²) < 4.78 is 0. The molecule has 4 aliphatic carbocycles. The van der Waals surface area contributed by atoms with Gasteiger partial charge in [0, 0.05) is 16.9 Å². The highest BCUT2D eigenvalue weighted by Gasteiger charge is 2.56. The number of rotatable bonds is 19. The molecule has 2 N–H and O–H groups in total. The molecule has 4 bridgehead atoms. The van der Waals surface area contributed by atoms with Gasteiger partial charge in [0.1, 0.15) is 5.78 Å². The lowest BCUT2D eigenvalue weighted by molar-refractivity contribution is -0.150. The summed E-state index contributed by atoms with van der Waals surface area (Å²) in [5.74, 6) is 3.56. The third kappa shape index (κ3) is 8.58. The van der Waals surface area contributed by atoms with Gasteiger partial charge in [-0.2, -0.15) is 0 Å². The van der Waals surface area contributed by atoms with Crippen molar-refractivity contribution in [3.05, 3.63) is 0 Å². The molecule has 4 rings (SSSR count). The van der Waals surface area contributed by atoms with E-state index < -0.39 is 0 Å². The van der Waals surface area contributed by atoms with E-state index in [2.05, 4.69) is 27.7 Å². The maximum atomic E-state index is 14.0. The van der Waals surface area contributed by atoms with Crippen LogP contribution in [0.4, 0.5) is 0 Å².